The molecule has 1 atom stereocenters. The first kappa shape index (κ1) is 15.3. The Bertz CT molecular complexity index is 204. The zero-order valence-corrected chi connectivity index (χ0v) is 6.07. The van der Waals surface area contributed by atoms with E-state index in [0.29, 0.717) is 0 Å². The average molecular weight is 215 g/mol. The molecule has 0 amide bonds. The number of carboxylic acids is 2. The van der Waals surface area contributed by atoms with E-state index in [4.69, 9.17) is 21.4 Å². The molecule has 6 N–H and O–H groups in total. The van der Waals surface area contributed by atoms with Crippen LogP contribution in [0.15, 0.2) is 0 Å². The summed E-state index contributed by atoms with van der Waals surface area (Å²) in [6.07, 6.45) is -0.616. The Labute approximate surface area is 117 Å². The van der Waals surface area contributed by atoms with Crippen LogP contribution in [0, 0.1) is 5.41 Å². The predicted octanol–water partition coefficient (Wildman–Crippen LogP) is -2.25. The number of hydrogen-bond donors (Lipinski definition) is 5. The van der Waals surface area contributed by atoms with Gasteiger partial charge in [-0.05, 0) is 0 Å². The zero-order valence-electron chi connectivity index (χ0n) is 6.07. The molecule has 7 nitrogen and oxygen atoms in total. The van der Waals surface area contributed by atoms with Gasteiger partial charge in [0.05, 0.1) is 6.42 Å². The topological polar surface area (TPSA) is 136 Å². The molecule has 0 fully saturated rings. The normalized spacial score (nSPS) is 10.8. The van der Waals surface area contributed by atoms with Gasteiger partial charge in [-0.25, -0.2) is 4.79 Å². The number of carboxylic acid groups (broad SMARTS) is 2. The molecule has 0 aromatic heterocycles. The fourth-order valence-corrected chi connectivity index (χ4v) is 0.562. The van der Waals surface area contributed by atoms with Gasteiger partial charge in [-0.3, -0.25) is 10.2 Å². The van der Waals surface area contributed by atoms with Crippen LogP contribution in [-0.2, 0) is 9.59 Å². The van der Waals surface area contributed by atoms with Crippen LogP contribution in [0.4, 0.5) is 0 Å². The number of aliphatic carboxylic acids is 2. The SMILES string of the molecule is N=C(N)NC(CC(=O)O)C(=O)O.[KH]. The van der Waals surface area contributed by atoms with E-state index in [0.717, 1.165) is 0 Å². The molecule has 0 radical (unpaired) electrons. The third kappa shape index (κ3) is 8.18. The molecule has 70 valence electrons. The molecule has 0 aromatic rings. The first-order valence-electron chi connectivity index (χ1n) is 2.98. The van der Waals surface area contributed by atoms with Gasteiger partial charge >= 0.3 is 63.3 Å². The molecule has 0 aliphatic rings. The number of hydrogen-bond acceptors (Lipinski definition) is 3. The molecule has 13 heavy (non-hydrogen) atoms. The summed E-state index contributed by atoms with van der Waals surface area (Å²) in [5.41, 5.74) is 4.82. The third-order valence-electron chi connectivity index (χ3n) is 1.01. The molecule has 0 saturated carbocycles. The summed E-state index contributed by atoms with van der Waals surface area (Å²) in [6, 6.07) is -1.35. The van der Waals surface area contributed by atoms with Crippen LogP contribution in [0.2, 0.25) is 0 Å². The Hall–Kier alpha value is -0.154. The molecule has 0 spiro atoms. The van der Waals surface area contributed by atoms with Crippen molar-refractivity contribution in [2.24, 2.45) is 5.73 Å². The Balaban J connectivity index is 0. The van der Waals surface area contributed by atoms with Crippen molar-refractivity contribution in [3.05, 3.63) is 0 Å². The van der Waals surface area contributed by atoms with Gasteiger partial charge in [-0.1, -0.05) is 0 Å². The molecule has 0 bridgehead atoms. The molecule has 0 aliphatic carbocycles. The number of rotatable bonds is 4. The standard InChI is InChI=1S/C5H9N3O4.K.H/c6-5(7)8-2(4(11)12)1-3(9)10;;/h2H,1H2,(H,9,10)(H,11,12)(H4,6,7,8);;. The Morgan fingerprint density at radius 1 is 1.46 bits per heavy atom. The Morgan fingerprint density at radius 3 is 2.15 bits per heavy atom. The summed E-state index contributed by atoms with van der Waals surface area (Å²) in [4.78, 5) is 20.4. The van der Waals surface area contributed by atoms with Crippen molar-refractivity contribution < 1.29 is 19.8 Å². The molecule has 0 rings (SSSR count). The quantitative estimate of drug-likeness (QED) is 0.204. The molecule has 0 saturated heterocycles. The summed E-state index contributed by atoms with van der Waals surface area (Å²) in [5.74, 6) is -3.19. The monoisotopic (exact) mass is 215 g/mol. The Kier molecular flexibility index (Phi) is 8.57. The van der Waals surface area contributed by atoms with Crippen molar-refractivity contribution in [2.45, 2.75) is 12.5 Å². The first-order chi connectivity index (χ1) is 5.43. The summed E-state index contributed by atoms with van der Waals surface area (Å²) in [6.45, 7) is 0. The van der Waals surface area contributed by atoms with Gasteiger partial charge in [0.15, 0.2) is 5.96 Å². The van der Waals surface area contributed by atoms with Crippen LogP contribution in [0.3, 0.4) is 0 Å². The predicted molar refractivity (Wildman–Crippen MR) is 45.9 cm³/mol. The molecule has 1 unspecified atom stereocenters. The van der Waals surface area contributed by atoms with Gasteiger partial charge in [-0.15, -0.1) is 0 Å². The van der Waals surface area contributed by atoms with Crippen molar-refractivity contribution in [3.63, 3.8) is 0 Å². The van der Waals surface area contributed by atoms with E-state index in [1.165, 1.54) is 0 Å². The maximum atomic E-state index is 10.3. The fraction of sp³-hybridized carbons (Fsp3) is 0.400. The van der Waals surface area contributed by atoms with E-state index in [-0.39, 0.29) is 51.4 Å². The van der Waals surface area contributed by atoms with Gasteiger partial charge < -0.3 is 21.3 Å². The maximum absolute atomic E-state index is 10.3. The summed E-state index contributed by atoms with van der Waals surface area (Å²) >= 11 is 0. The number of guanidine groups is 1. The molecular formula is C5H10KN3O4. The van der Waals surface area contributed by atoms with Crippen molar-refractivity contribution in [1.82, 2.24) is 5.32 Å². The average Bonchev–Trinajstić information content (AvgIpc) is 1.83. The van der Waals surface area contributed by atoms with Crippen LogP contribution in [0.1, 0.15) is 6.42 Å². The van der Waals surface area contributed by atoms with Crippen molar-refractivity contribution in [1.29, 1.82) is 5.41 Å². The Morgan fingerprint density at radius 2 is 1.92 bits per heavy atom. The molecular weight excluding hydrogens is 205 g/mol. The zero-order chi connectivity index (χ0) is 9.72. The third-order valence-corrected chi connectivity index (χ3v) is 1.01. The van der Waals surface area contributed by atoms with Crippen LogP contribution < -0.4 is 11.1 Å². The second-order valence-corrected chi connectivity index (χ2v) is 2.05. The van der Waals surface area contributed by atoms with Crippen LogP contribution in [-0.4, -0.2) is 85.5 Å². The van der Waals surface area contributed by atoms with E-state index in [1.54, 1.807) is 0 Å². The van der Waals surface area contributed by atoms with Gasteiger partial charge in [-0.2, -0.15) is 0 Å². The first-order valence-corrected chi connectivity index (χ1v) is 2.98. The van der Waals surface area contributed by atoms with E-state index in [9.17, 15) is 9.59 Å². The van der Waals surface area contributed by atoms with Crippen molar-refractivity contribution >= 4 is 69.3 Å². The van der Waals surface area contributed by atoms with Gasteiger partial charge in [0.1, 0.15) is 6.04 Å². The molecule has 8 heteroatoms. The fourth-order valence-electron chi connectivity index (χ4n) is 0.562. The summed E-state index contributed by atoms with van der Waals surface area (Å²) in [5, 5.41) is 25.3. The van der Waals surface area contributed by atoms with E-state index < -0.39 is 30.4 Å². The van der Waals surface area contributed by atoms with E-state index >= 15 is 0 Å². The van der Waals surface area contributed by atoms with Crippen molar-refractivity contribution in [2.75, 3.05) is 0 Å². The van der Waals surface area contributed by atoms with Crippen molar-refractivity contribution in [3.8, 4) is 0 Å². The minimum atomic E-state index is -1.35. The van der Waals surface area contributed by atoms with Gasteiger partial charge in [0, 0.05) is 0 Å². The number of nitrogens with two attached hydrogens (primary N) is 1. The summed E-state index contributed by atoms with van der Waals surface area (Å²) < 4.78 is 0. The van der Waals surface area contributed by atoms with Crippen LogP contribution in [0.25, 0.3) is 0 Å². The second kappa shape index (κ2) is 7.27. The van der Waals surface area contributed by atoms with Crippen LogP contribution >= 0.6 is 0 Å². The van der Waals surface area contributed by atoms with Gasteiger partial charge in [0.25, 0.3) is 0 Å². The van der Waals surface area contributed by atoms with Gasteiger partial charge in [0.2, 0.25) is 0 Å². The van der Waals surface area contributed by atoms with Crippen LogP contribution in [0.5, 0.6) is 0 Å². The molecule has 0 aromatic carbocycles. The second-order valence-electron chi connectivity index (χ2n) is 2.05. The molecule has 0 aliphatic heterocycles. The van der Waals surface area contributed by atoms with E-state index in [2.05, 4.69) is 0 Å². The number of nitrogens with one attached hydrogen (secondary N) is 2. The molecule has 0 heterocycles. The van der Waals surface area contributed by atoms with E-state index in [1.807, 2.05) is 5.32 Å². The minimum absolute atomic E-state index is 0. The number of carbonyl (C=O) groups is 2. The summed E-state index contributed by atoms with van der Waals surface area (Å²) in [7, 11) is 0.